The summed E-state index contributed by atoms with van der Waals surface area (Å²) in [7, 11) is 0. The molecule has 2 aliphatic rings. The Morgan fingerprint density at radius 3 is 2.65 bits per heavy atom. The highest BCUT2D eigenvalue weighted by Crippen LogP contribution is 2.40. The van der Waals surface area contributed by atoms with Crippen molar-refractivity contribution in [2.24, 2.45) is 5.92 Å². The van der Waals surface area contributed by atoms with E-state index in [0.717, 1.165) is 18.9 Å². The number of carbonyl (C=O) groups excluding carboxylic acids is 2. The van der Waals surface area contributed by atoms with Crippen LogP contribution in [0.15, 0.2) is 12.1 Å². The molecule has 1 amide bonds. The third-order valence-electron chi connectivity index (χ3n) is 4.50. The van der Waals surface area contributed by atoms with Gasteiger partial charge in [0.1, 0.15) is 18.0 Å². The normalized spacial score (nSPS) is 20.3. The Kier molecular flexibility index (Phi) is 4.82. The van der Waals surface area contributed by atoms with Gasteiger partial charge in [-0.2, -0.15) is 0 Å². The molecule has 0 saturated heterocycles. The van der Waals surface area contributed by atoms with Gasteiger partial charge in [0.05, 0.1) is 17.9 Å². The second-order valence-electron chi connectivity index (χ2n) is 6.59. The van der Waals surface area contributed by atoms with Crippen LogP contribution in [0.5, 0.6) is 0 Å². The van der Waals surface area contributed by atoms with Crippen molar-refractivity contribution in [2.45, 2.75) is 32.0 Å². The molecule has 140 valence electrons. The van der Waals surface area contributed by atoms with E-state index in [-0.39, 0.29) is 30.4 Å². The predicted octanol–water partition coefficient (Wildman–Crippen LogP) is 0.558. The number of carbonyl (C=O) groups is 3. The highest BCUT2D eigenvalue weighted by atomic mass is 19.1. The zero-order valence-corrected chi connectivity index (χ0v) is 14.2. The van der Waals surface area contributed by atoms with E-state index >= 15 is 0 Å². The smallest absolute Gasteiger partial charge is 0.316 e. The fourth-order valence-corrected chi connectivity index (χ4v) is 3.11. The first kappa shape index (κ1) is 18.1. The van der Waals surface area contributed by atoms with E-state index < -0.39 is 35.6 Å². The molecule has 9 heteroatoms. The number of aliphatic hydroxyl groups is 1. The molecule has 3 rings (SSSR count). The van der Waals surface area contributed by atoms with Gasteiger partial charge in [-0.05, 0) is 25.0 Å². The number of aliphatic hydroxyl groups excluding tert-OH is 1. The summed E-state index contributed by atoms with van der Waals surface area (Å²) in [6, 6.07) is 2.64. The number of ketones is 1. The fourth-order valence-electron chi connectivity index (χ4n) is 3.11. The van der Waals surface area contributed by atoms with Gasteiger partial charge in [-0.1, -0.05) is 0 Å². The summed E-state index contributed by atoms with van der Waals surface area (Å²) in [4.78, 5) is 36.5. The van der Waals surface area contributed by atoms with Crippen LogP contribution in [0.2, 0.25) is 0 Å². The Morgan fingerprint density at radius 2 is 2.08 bits per heavy atom. The number of aliphatic carboxylic acids is 1. The van der Waals surface area contributed by atoms with Gasteiger partial charge in [-0.25, -0.2) is 4.39 Å². The first-order valence-corrected chi connectivity index (χ1v) is 8.34. The van der Waals surface area contributed by atoms with Crippen LogP contribution in [0.25, 0.3) is 0 Å². The van der Waals surface area contributed by atoms with E-state index in [9.17, 15) is 29.0 Å². The van der Waals surface area contributed by atoms with Gasteiger partial charge in [-0.3, -0.25) is 14.4 Å². The lowest BCUT2D eigenvalue weighted by Crippen LogP contribution is -2.44. The summed E-state index contributed by atoms with van der Waals surface area (Å²) in [6.45, 7) is 1.19. The van der Waals surface area contributed by atoms with Crippen molar-refractivity contribution in [3.8, 4) is 0 Å². The molecule has 1 aliphatic heterocycles. The lowest BCUT2D eigenvalue weighted by atomic mass is 9.90. The summed E-state index contributed by atoms with van der Waals surface area (Å²) >= 11 is 0. The number of halogens is 1. The molecule has 0 aromatic heterocycles. The van der Waals surface area contributed by atoms with Crippen molar-refractivity contribution in [2.75, 3.05) is 23.3 Å². The van der Waals surface area contributed by atoms with E-state index in [1.54, 1.807) is 0 Å². The van der Waals surface area contributed by atoms with Gasteiger partial charge < -0.3 is 25.7 Å². The number of nitrogens with zero attached hydrogens (tertiary/aromatic N) is 1. The van der Waals surface area contributed by atoms with Crippen molar-refractivity contribution in [3.63, 3.8) is 0 Å². The fraction of sp³-hybridized carbons (Fsp3) is 0.471. The van der Waals surface area contributed by atoms with Crippen LogP contribution in [0.3, 0.4) is 0 Å². The number of benzene rings is 1. The van der Waals surface area contributed by atoms with Crippen LogP contribution in [0.1, 0.15) is 30.1 Å². The number of Topliss-reactive ketones (excluding diaryl/α,β-unsaturated/α-hetero) is 1. The number of carboxylic acid groups (broad SMARTS) is 1. The lowest BCUT2D eigenvalue weighted by molar-refractivity contribution is -0.139. The molecular formula is C17H20FN3O5. The lowest BCUT2D eigenvalue weighted by Gasteiger charge is -2.34. The number of hydrogen-bond donors (Lipinski definition) is 4. The molecule has 1 aromatic rings. The predicted molar refractivity (Wildman–Crippen MR) is 90.5 cm³/mol. The van der Waals surface area contributed by atoms with E-state index in [2.05, 4.69) is 10.6 Å². The van der Waals surface area contributed by atoms with E-state index in [4.69, 9.17) is 0 Å². The molecule has 0 spiro atoms. The Bertz CT molecular complexity index is 765. The molecule has 4 N–H and O–H groups in total. The average Bonchev–Trinajstić information content (AvgIpc) is 3.37. The Balaban J connectivity index is 1.87. The number of nitrogens with one attached hydrogen (secondary N) is 2. The van der Waals surface area contributed by atoms with Crippen molar-refractivity contribution >= 4 is 29.0 Å². The Labute approximate surface area is 149 Å². The molecule has 2 unspecified atom stereocenters. The summed E-state index contributed by atoms with van der Waals surface area (Å²) < 4.78 is 14.4. The van der Waals surface area contributed by atoms with E-state index in [1.165, 1.54) is 13.0 Å². The molecule has 26 heavy (non-hydrogen) atoms. The second-order valence-corrected chi connectivity index (χ2v) is 6.59. The average molecular weight is 365 g/mol. The van der Waals surface area contributed by atoms with Gasteiger partial charge in [0, 0.05) is 25.1 Å². The van der Waals surface area contributed by atoms with Crippen LogP contribution in [-0.4, -0.2) is 53.2 Å². The monoisotopic (exact) mass is 365 g/mol. The van der Waals surface area contributed by atoms with Gasteiger partial charge >= 0.3 is 5.97 Å². The van der Waals surface area contributed by atoms with Gasteiger partial charge in [0.15, 0.2) is 5.78 Å². The molecule has 1 aromatic carbocycles. The highest BCUT2D eigenvalue weighted by molar-refractivity contribution is 6.13. The summed E-state index contributed by atoms with van der Waals surface area (Å²) in [5, 5.41) is 23.9. The van der Waals surface area contributed by atoms with Crippen molar-refractivity contribution in [1.29, 1.82) is 0 Å². The number of rotatable bonds is 6. The minimum atomic E-state index is -1.22. The quantitative estimate of drug-likeness (QED) is 0.430. The molecular weight excluding hydrogens is 345 g/mol. The molecule has 1 aliphatic carbocycles. The van der Waals surface area contributed by atoms with Gasteiger partial charge in [0.25, 0.3) is 0 Å². The van der Waals surface area contributed by atoms with Crippen LogP contribution in [0.4, 0.5) is 15.8 Å². The maximum atomic E-state index is 14.4. The largest absolute Gasteiger partial charge is 0.481 e. The van der Waals surface area contributed by atoms with Crippen LogP contribution in [0, 0.1) is 11.7 Å². The SMILES string of the molecule is CC(=O)NC(O)CNc1cc2c(cc1F)C(=O)C(C(=O)O)CN2C1CC1. The number of carboxylic acids is 1. The molecule has 8 nitrogen and oxygen atoms in total. The summed E-state index contributed by atoms with van der Waals surface area (Å²) in [5.74, 6) is -4.17. The third kappa shape index (κ3) is 3.62. The zero-order chi connectivity index (χ0) is 19.0. The molecule has 2 atom stereocenters. The number of hydrogen-bond acceptors (Lipinski definition) is 6. The number of anilines is 2. The number of amides is 1. The van der Waals surface area contributed by atoms with Crippen LogP contribution >= 0.6 is 0 Å². The van der Waals surface area contributed by atoms with Crippen molar-refractivity contribution in [3.05, 3.63) is 23.5 Å². The molecule has 0 bridgehead atoms. The first-order chi connectivity index (χ1) is 12.3. The standard InChI is InChI=1S/C17H20FN3O5/c1-8(22)20-15(23)6-19-13-5-14-10(4-12(13)18)16(24)11(17(25)26)7-21(14)9-2-3-9/h4-5,9,11,15,19,23H,2-3,6-7H2,1H3,(H,20,22)(H,25,26). The van der Waals surface area contributed by atoms with Gasteiger partial charge in [-0.15, -0.1) is 0 Å². The van der Waals surface area contributed by atoms with Crippen LogP contribution in [-0.2, 0) is 9.59 Å². The Morgan fingerprint density at radius 1 is 1.38 bits per heavy atom. The van der Waals surface area contributed by atoms with Gasteiger partial charge in [0.2, 0.25) is 5.91 Å². The highest BCUT2D eigenvalue weighted by Gasteiger charge is 2.42. The zero-order valence-electron chi connectivity index (χ0n) is 14.2. The maximum absolute atomic E-state index is 14.4. The van der Waals surface area contributed by atoms with E-state index in [1.807, 2.05) is 4.90 Å². The van der Waals surface area contributed by atoms with Crippen molar-refractivity contribution < 1.29 is 29.0 Å². The van der Waals surface area contributed by atoms with E-state index in [0.29, 0.717) is 5.69 Å². The first-order valence-electron chi connectivity index (χ1n) is 8.34. The molecule has 0 radical (unpaired) electrons. The maximum Gasteiger partial charge on any atom is 0.316 e. The molecule has 1 fully saturated rings. The second kappa shape index (κ2) is 6.91. The molecule has 1 saturated carbocycles. The van der Waals surface area contributed by atoms with Crippen molar-refractivity contribution in [1.82, 2.24) is 5.32 Å². The molecule has 1 heterocycles. The minimum absolute atomic E-state index is 0.0565. The third-order valence-corrected chi connectivity index (χ3v) is 4.50. The Hall–Kier alpha value is -2.68. The summed E-state index contributed by atoms with van der Waals surface area (Å²) in [5.41, 5.74) is 0.620. The van der Waals surface area contributed by atoms with Crippen LogP contribution < -0.4 is 15.5 Å². The summed E-state index contributed by atoms with van der Waals surface area (Å²) in [6.07, 6.45) is 0.586. The number of fused-ring (bicyclic) bond motifs is 1. The topological polar surface area (TPSA) is 119 Å². The minimum Gasteiger partial charge on any atom is -0.481 e.